The van der Waals surface area contributed by atoms with E-state index in [0.717, 1.165) is 83.5 Å². The fourth-order valence-corrected chi connectivity index (χ4v) is 8.71. The second kappa shape index (κ2) is 48.3. The average Bonchev–Trinajstić information content (AvgIpc) is 3.37. The first-order valence-corrected chi connectivity index (χ1v) is 29.1. The van der Waals surface area contributed by atoms with Gasteiger partial charge in [-0.2, -0.15) is 0 Å². The third-order valence-corrected chi connectivity index (χ3v) is 13.4. The molecule has 1 aliphatic heterocycles. The molecular weight excluding hydrogens is 895 g/mol. The molecular formula is C60H107NO10. The smallest absolute Gasteiger partial charge is 0.306 e. The van der Waals surface area contributed by atoms with Gasteiger partial charge in [-0.05, 0) is 89.9 Å². The zero-order valence-electron chi connectivity index (χ0n) is 45.3. The first kappa shape index (κ1) is 66.4. The maximum Gasteiger partial charge on any atom is 0.306 e. The number of unbranched alkanes of at least 4 members (excludes halogenated alkanes) is 26. The molecule has 1 saturated heterocycles. The summed E-state index contributed by atoms with van der Waals surface area (Å²) in [5.41, 5.74) is 0. The van der Waals surface area contributed by atoms with Crippen LogP contribution in [0, 0.1) is 0 Å². The second-order valence-corrected chi connectivity index (χ2v) is 20.0. The van der Waals surface area contributed by atoms with Gasteiger partial charge < -0.3 is 45.1 Å². The number of allylic oxidation sites excluding steroid dienone is 9. The highest BCUT2D eigenvalue weighted by molar-refractivity contribution is 5.80. The Hall–Kier alpha value is -2.64. The van der Waals surface area contributed by atoms with E-state index in [-0.39, 0.29) is 19.4 Å². The van der Waals surface area contributed by atoms with Crippen molar-refractivity contribution in [1.29, 1.82) is 0 Å². The van der Waals surface area contributed by atoms with E-state index in [9.17, 15) is 35.1 Å². The fourth-order valence-electron chi connectivity index (χ4n) is 8.71. The number of ether oxygens (including phenoxy) is 3. The molecule has 71 heavy (non-hydrogen) atoms. The molecule has 0 spiro atoms. The molecule has 11 nitrogen and oxygen atoms in total. The normalized spacial score (nSPS) is 20.0. The number of aliphatic hydroxyl groups excluding tert-OH is 5. The lowest BCUT2D eigenvalue weighted by Gasteiger charge is -2.41. The van der Waals surface area contributed by atoms with Gasteiger partial charge in [0.2, 0.25) is 5.91 Å². The number of hydrogen-bond donors (Lipinski definition) is 6. The molecule has 1 fully saturated rings. The second-order valence-electron chi connectivity index (χ2n) is 20.0. The van der Waals surface area contributed by atoms with Gasteiger partial charge in [0.25, 0.3) is 0 Å². The van der Waals surface area contributed by atoms with Crippen LogP contribution in [0.4, 0.5) is 0 Å². The van der Waals surface area contributed by atoms with Crippen LogP contribution in [0.25, 0.3) is 0 Å². The largest absolute Gasteiger partial charge is 0.454 e. The minimum atomic E-state index is -1.62. The van der Waals surface area contributed by atoms with E-state index in [2.05, 4.69) is 74.7 Å². The number of aliphatic hydroxyl groups is 5. The van der Waals surface area contributed by atoms with Crippen molar-refractivity contribution in [2.45, 2.75) is 294 Å². The van der Waals surface area contributed by atoms with Gasteiger partial charge in [0.05, 0.1) is 25.4 Å². The highest BCUT2D eigenvalue weighted by atomic mass is 16.7. The molecule has 1 aliphatic rings. The monoisotopic (exact) mass is 1000 g/mol. The minimum absolute atomic E-state index is 0.0994. The molecule has 0 bridgehead atoms. The van der Waals surface area contributed by atoms with Gasteiger partial charge in [-0.15, -0.1) is 0 Å². The molecule has 1 rings (SSSR count). The molecule has 0 aromatic rings. The quantitative estimate of drug-likeness (QED) is 0.0196. The molecule has 8 atom stereocenters. The van der Waals surface area contributed by atoms with Gasteiger partial charge in [0.15, 0.2) is 12.4 Å². The van der Waals surface area contributed by atoms with Crippen LogP contribution in [-0.4, -0.2) is 99.6 Å². The molecule has 11 heteroatoms. The Kier molecular flexibility index (Phi) is 45.2. The van der Waals surface area contributed by atoms with Crippen molar-refractivity contribution in [3.63, 3.8) is 0 Å². The first-order chi connectivity index (χ1) is 34.7. The number of amides is 1. The topological polar surface area (TPSA) is 175 Å². The van der Waals surface area contributed by atoms with E-state index in [1.54, 1.807) is 6.08 Å². The SMILES string of the molecule is CCCCC/C=C\C/C=C\C/C=C\CCCCCC(O)C(=O)NC(COC1OC(CO)C(O)C(O)C1OC(=O)CCCCC/C=C\CCCCCCCCC)C(O)/C=C/CCCCCCCCCCCC. The summed E-state index contributed by atoms with van der Waals surface area (Å²) in [5.74, 6) is -1.23. The Morgan fingerprint density at radius 2 is 0.972 bits per heavy atom. The van der Waals surface area contributed by atoms with Crippen LogP contribution in [-0.2, 0) is 23.8 Å². The summed E-state index contributed by atoms with van der Waals surface area (Å²) in [6.07, 6.45) is 48.3. The zero-order chi connectivity index (χ0) is 51.8. The summed E-state index contributed by atoms with van der Waals surface area (Å²) >= 11 is 0. The first-order valence-electron chi connectivity index (χ1n) is 29.1. The van der Waals surface area contributed by atoms with Crippen LogP contribution in [0.1, 0.15) is 245 Å². The van der Waals surface area contributed by atoms with E-state index in [0.29, 0.717) is 12.8 Å². The van der Waals surface area contributed by atoms with E-state index < -0.39 is 67.4 Å². The summed E-state index contributed by atoms with van der Waals surface area (Å²) in [6, 6.07) is -1.04. The van der Waals surface area contributed by atoms with Crippen molar-refractivity contribution in [2.24, 2.45) is 0 Å². The Morgan fingerprint density at radius 3 is 1.49 bits per heavy atom. The highest BCUT2D eigenvalue weighted by Gasteiger charge is 2.47. The van der Waals surface area contributed by atoms with Crippen LogP contribution < -0.4 is 5.32 Å². The minimum Gasteiger partial charge on any atom is -0.454 e. The summed E-state index contributed by atoms with van der Waals surface area (Å²) in [6.45, 7) is 5.72. The third-order valence-electron chi connectivity index (χ3n) is 13.4. The van der Waals surface area contributed by atoms with Crippen molar-refractivity contribution in [1.82, 2.24) is 5.32 Å². The number of esters is 1. The van der Waals surface area contributed by atoms with Crippen LogP contribution in [0.5, 0.6) is 0 Å². The van der Waals surface area contributed by atoms with Crippen molar-refractivity contribution in [3.05, 3.63) is 60.8 Å². The molecule has 0 aliphatic carbocycles. The number of hydrogen-bond acceptors (Lipinski definition) is 10. The predicted molar refractivity (Wildman–Crippen MR) is 292 cm³/mol. The number of nitrogens with one attached hydrogen (secondary N) is 1. The van der Waals surface area contributed by atoms with Gasteiger partial charge in [-0.25, -0.2) is 0 Å². The van der Waals surface area contributed by atoms with Gasteiger partial charge in [-0.3, -0.25) is 9.59 Å². The number of carbonyl (C=O) groups is 2. The summed E-state index contributed by atoms with van der Waals surface area (Å²) < 4.78 is 17.5. The van der Waals surface area contributed by atoms with Crippen LogP contribution >= 0.6 is 0 Å². The molecule has 1 heterocycles. The van der Waals surface area contributed by atoms with Crippen molar-refractivity contribution >= 4 is 11.9 Å². The Balaban J connectivity index is 2.76. The lowest BCUT2D eigenvalue weighted by atomic mass is 9.99. The van der Waals surface area contributed by atoms with E-state index >= 15 is 0 Å². The van der Waals surface area contributed by atoms with Gasteiger partial charge in [-0.1, -0.05) is 210 Å². The number of carbonyl (C=O) groups excluding carboxylic acids is 2. The fraction of sp³-hybridized carbons (Fsp3) is 0.800. The summed E-state index contributed by atoms with van der Waals surface area (Å²) in [7, 11) is 0. The summed E-state index contributed by atoms with van der Waals surface area (Å²) in [4.78, 5) is 26.4. The van der Waals surface area contributed by atoms with E-state index in [1.165, 1.54) is 116 Å². The zero-order valence-corrected chi connectivity index (χ0v) is 45.3. The van der Waals surface area contributed by atoms with E-state index in [1.807, 2.05) is 6.08 Å². The Labute approximate surface area is 433 Å². The Morgan fingerprint density at radius 1 is 0.549 bits per heavy atom. The van der Waals surface area contributed by atoms with Gasteiger partial charge in [0.1, 0.15) is 24.4 Å². The Bertz CT molecular complexity index is 1380. The molecule has 6 N–H and O–H groups in total. The molecule has 0 saturated carbocycles. The highest BCUT2D eigenvalue weighted by Crippen LogP contribution is 2.26. The lowest BCUT2D eigenvalue weighted by molar-refractivity contribution is -0.305. The maximum atomic E-state index is 13.4. The molecule has 0 aromatic carbocycles. The molecule has 8 unspecified atom stereocenters. The van der Waals surface area contributed by atoms with Gasteiger partial charge in [0, 0.05) is 6.42 Å². The maximum absolute atomic E-state index is 13.4. The van der Waals surface area contributed by atoms with E-state index in [4.69, 9.17) is 14.2 Å². The van der Waals surface area contributed by atoms with Crippen molar-refractivity contribution in [2.75, 3.05) is 13.2 Å². The van der Waals surface area contributed by atoms with Crippen LogP contribution in [0.2, 0.25) is 0 Å². The lowest BCUT2D eigenvalue weighted by Crippen LogP contribution is -2.61. The standard InChI is InChI=1S/C60H107NO10/c1-4-7-10-13-16-19-22-25-27-28-29-32-35-38-41-44-47-53(64)59(68)61-51(52(63)46-43-40-37-34-31-24-21-18-15-12-9-6-3)50-69-60-58(57(67)56(66)54(49-62)70-60)71-55(65)48-45-42-39-36-33-30-26-23-20-17-14-11-8-5-2/h16,19,25,27,29-30,32-33,43,46,51-54,56-58,60,62-64,66-67H,4-15,17-18,20-24,26,28,31,34-42,44-45,47-50H2,1-3H3,(H,61,68)/b19-16-,27-25-,32-29-,33-30-,46-43+. The summed E-state index contributed by atoms with van der Waals surface area (Å²) in [5, 5.41) is 56.8. The average molecular weight is 1000 g/mol. The van der Waals surface area contributed by atoms with Crippen LogP contribution in [0.15, 0.2) is 60.8 Å². The number of rotatable bonds is 48. The van der Waals surface area contributed by atoms with Gasteiger partial charge >= 0.3 is 5.97 Å². The van der Waals surface area contributed by atoms with Crippen molar-refractivity contribution < 1.29 is 49.3 Å². The molecule has 412 valence electrons. The molecule has 0 aromatic heterocycles. The van der Waals surface area contributed by atoms with Crippen LogP contribution in [0.3, 0.4) is 0 Å². The third kappa shape index (κ3) is 36.9. The molecule has 1 amide bonds. The molecule has 0 radical (unpaired) electrons. The predicted octanol–water partition coefficient (Wildman–Crippen LogP) is 13.1. The van der Waals surface area contributed by atoms with Crippen molar-refractivity contribution in [3.8, 4) is 0 Å².